The second-order valence-corrected chi connectivity index (χ2v) is 7.72. The predicted molar refractivity (Wildman–Crippen MR) is 91.5 cm³/mol. The van der Waals surface area contributed by atoms with E-state index in [1.807, 2.05) is 12.1 Å². The van der Waals surface area contributed by atoms with Crippen molar-refractivity contribution in [1.29, 1.82) is 0 Å². The fourth-order valence-electron chi connectivity index (χ4n) is 2.84. The molecule has 0 bridgehead atoms. The molecule has 0 spiro atoms. The lowest BCUT2D eigenvalue weighted by molar-refractivity contribution is -0.118. The van der Waals surface area contributed by atoms with E-state index in [4.69, 9.17) is 5.73 Å². The van der Waals surface area contributed by atoms with Gasteiger partial charge in [-0.2, -0.15) is 0 Å². The molecule has 1 aromatic heterocycles. The standard InChI is InChI=1S/C16H15N3OS2/c1-10-6-7-14(21-10)12-8-18-11-4-2-3-5-13(11)22-16(18)19(12)9-15(17)20/h2-8,16H,9H2,1H3,(H2,17,20). The highest BCUT2D eigenvalue weighted by Gasteiger charge is 2.40. The molecule has 4 rings (SSSR count). The van der Waals surface area contributed by atoms with Crippen molar-refractivity contribution in [3.63, 3.8) is 0 Å². The number of hydrogen-bond acceptors (Lipinski definition) is 5. The van der Waals surface area contributed by atoms with E-state index >= 15 is 0 Å². The molecule has 1 amide bonds. The molecular formula is C16H15N3OS2. The lowest BCUT2D eigenvalue weighted by Crippen LogP contribution is -2.39. The first kappa shape index (κ1) is 13.7. The molecule has 0 radical (unpaired) electrons. The van der Waals surface area contributed by atoms with Crippen LogP contribution in [0.15, 0.2) is 47.5 Å². The molecule has 0 aliphatic carbocycles. The van der Waals surface area contributed by atoms with E-state index < -0.39 is 0 Å². The number of benzene rings is 1. The molecule has 112 valence electrons. The molecule has 4 nitrogen and oxygen atoms in total. The molecule has 0 saturated heterocycles. The Kier molecular flexibility index (Phi) is 3.16. The number of thiophene rings is 1. The second kappa shape index (κ2) is 5.07. The summed E-state index contributed by atoms with van der Waals surface area (Å²) in [7, 11) is 0. The van der Waals surface area contributed by atoms with E-state index in [9.17, 15) is 4.79 Å². The predicted octanol–water partition coefficient (Wildman–Crippen LogP) is 3.05. The average Bonchev–Trinajstić information content (AvgIpc) is 3.13. The van der Waals surface area contributed by atoms with E-state index in [0.717, 1.165) is 5.70 Å². The minimum atomic E-state index is -0.308. The summed E-state index contributed by atoms with van der Waals surface area (Å²) in [6, 6.07) is 12.5. The van der Waals surface area contributed by atoms with Gasteiger partial charge in [-0.25, -0.2) is 0 Å². The number of thioether (sulfide) groups is 1. The molecule has 1 atom stereocenters. The normalized spacial score (nSPS) is 19.1. The summed E-state index contributed by atoms with van der Waals surface area (Å²) in [5.41, 5.74) is 7.81. The molecule has 2 aliphatic heterocycles. The summed E-state index contributed by atoms with van der Waals surface area (Å²) in [6.07, 6.45) is 2.14. The lowest BCUT2D eigenvalue weighted by atomic mass is 10.3. The Labute approximate surface area is 137 Å². The van der Waals surface area contributed by atoms with Gasteiger partial charge in [0, 0.05) is 16.0 Å². The monoisotopic (exact) mass is 329 g/mol. The molecular weight excluding hydrogens is 314 g/mol. The molecule has 2 aliphatic rings. The van der Waals surface area contributed by atoms with Crippen LogP contribution in [0.25, 0.3) is 5.70 Å². The summed E-state index contributed by atoms with van der Waals surface area (Å²) >= 11 is 3.50. The Morgan fingerprint density at radius 2 is 2.09 bits per heavy atom. The van der Waals surface area contributed by atoms with Gasteiger partial charge in [-0.05, 0) is 31.2 Å². The van der Waals surface area contributed by atoms with Gasteiger partial charge in [0.1, 0.15) is 0 Å². The van der Waals surface area contributed by atoms with Crippen molar-refractivity contribution in [2.24, 2.45) is 5.73 Å². The van der Waals surface area contributed by atoms with Gasteiger partial charge in [-0.1, -0.05) is 23.9 Å². The van der Waals surface area contributed by atoms with Gasteiger partial charge in [-0.15, -0.1) is 11.3 Å². The van der Waals surface area contributed by atoms with Crippen LogP contribution in [0.4, 0.5) is 5.69 Å². The van der Waals surface area contributed by atoms with Gasteiger partial charge in [0.15, 0.2) is 5.50 Å². The third kappa shape index (κ3) is 2.10. The maximum Gasteiger partial charge on any atom is 0.237 e. The molecule has 22 heavy (non-hydrogen) atoms. The van der Waals surface area contributed by atoms with Crippen LogP contribution in [-0.2, 0) is 4.79 Å². The summed E-state index contributed by atoms with van der Waals surface area (Å²) in [4.78, 5) is 19.5. The van der Waals surface area contributed by atoms with E-state index in [1.54, 1.807) is 23.1 Å². The summed E-state index contributed by atoms with van der Waals surface area (Å²) in [5, 5.41) is 0. The molecule has 2 aromatic rings. The zero-order chi connectivity index (χ0) is 15.3. The number of primary amides is 1. The number of hydrogen-bond donors (Lipinski definition) is 1. The van der Waals surface area contributed by atoms with Crippen LogP contribution in [-0.4, -0.2) is 22.8 Å². The molecule has 1 aromatic carbocycles. The first-order chi connectivity index (χ1) is 10.6. The number of fused-ring (bicyclic) bond motifs is 3. The molecule has 3 heterocycles. The first-order valence-electron chi connectivity index (χ1n) is 7.01. The third-order valence-corrected chi connectivity index (χ3v) is 6.08. The number of anilines is 1. The van der Waals surface area contributed by atoms with Gasteiger partial charge in [0.05, 0.1) is 22.8 Å². The van der Waals surface area contributed by atoms with Crippen molar-refractivity contribution >= 4 is 40.4 Å². The number of aryl methyl sites for hydroxylation is 1. The average molecular weight is 329 g/mol. The van der Waals surface area contributed by atoms with E-state index in [0.29, 0.717) is 0 Å². The summed E-state index contributed by atoms with van der Waals surface area (Å²) in [6.45, 7) is 2.32. The summed E-state index contributed by atoms with van der Waals surface area (Å²) in [5.74, 6) is -0.308. The molecule has 6 heteroatoms. The van der Waals surface area contributed by atoms with E-state index in [-0.39, 0.29) is 17.9 Å². The SMILES string of the molecule is Cc1ccc(C2=CN3c4ccccc4SC3N2CC(N)=O)s1. The van der Waals surface area contributed by atoms with Crippen molar-refractivity contribution < 1.29 is 4.79 Å². The third-order valence-electron chi connectivity index (χ3n) is 3.77. The molecule has 2 N–H and O–H groups in total. The highest BCUT2D eigenvalue weighted by Crippen LogP contribution is 2.50. The van der Waals surface area contributed by atoms with Gasteiger partial charge >= 0.3 is 0 Å². The fourth-order valence-corrected chi connectivity index (χ4v) is 5.02. The van der Waals surface area contributed by atoms with Crippen molar-refractivity contribution in [3.8, 4) is 0 Å². The molecule has 0 fully saturated rings. The Bertz CT molecular complexity index is 783. The van der Waals surface area contributed by atoms with Crippen molar-refractivity contribution in [1.82, 2.24) is 4.90 Å². The number of amides is 1. The maximum absolute atomic E-state index is 11.5. The zero-order valence-corrected chi connectivity index (χ0v) is 13.7. The Balaban J connectivity index is 1.77. The highest BCUT2D eigenvalue weighted by atomic mass is 32.2. The second-order valence-electron chi connectivity index (χ2n) is 5.34. The Morgan fingerprint density at radius 3 is 2.82 bits per heavy atom. The van der Waals surface area contributed by atoms with Crippen LogP contribution in [0.5, 0.6) is 0 Å². The maximum atomic E-state index is 11.5. The highest BCUT2D eigenvalue weighted by molar-refractivity contribution is 8.00. The minimum Gasteiger partial charge on any atom is -0.368 e. The molecule has 1 unspecified atom stereocenters. The van der Waals surface area contributed by atoms with Crippen LogP contribution in [0.3, 0.4) is 0 Å². The van der Waals surface area contributed by atoms with Crippen LogP contribution in [0.2, 0.25) is 0 Å². The number of rotatable bonds is 3. The van der Waals surface area contributed by atoms with Crippen LogP contribution in [0, 0.1) is 6.92 Å². The largest absolute Gasteiger partial charge is 0.368 e. The van der Waals surface area contributed by atoms with Gasteiger partial charge in [-0.3, -0.25) is 4.79 Å². The number of nitrogens with zero attached hydrogens (tertiary/aromatic N) is 2. The van der Waals surface area contributed by atoms with Crippen molar-refractivity contribution in [2.45, 2.75) is 17.3 Å². The lowest BCUT2D eigenvalue weighted by Gasteiger charge is -2.27. The van der Waals surface area contributed by atoms with Crippen molar-refractivity contribution in [2.75, 3.05) is 11.4 Å². The zero-order valence-electron chi connectivity index (χ0n) is 12.0. The topological polar surface area (TPSA) is 49.6 Å². The fraction of sp³-hybridized carbons (Fsp3) is 0.188. The quantitative estimate of drug-likeness (QED) is 0.940. The number of carbonyl (C=O) groups excluding carboxylic acids is 1. The van der Waals surface area contributed by atoms with Crippen LogP contribution in [0.1, 0.15) is 9.75 Å². The minimum absolute atomic E-state index is 0.0716. The Hall–Kier alpha value is -1.92. The first-order valence-corrected chi connectivity index (χ1v) is 8.71. The van der Waals surface area contributed by atoms with Gasteiger partial charge in [0.2, 0.25) is 5.91 Å². The molecule has 0 saturated carbocycles. The Morgan fingerprint density at radius 1 is 1.27 bits per heavy atom. The number of para-hydroxylation sites is 1. The van der Waals surface area contributed by atoms with E-state index in [1.165, 1.54) is 20.3 Å². The van der Waals surface area contributed by atoms with Gasteiger partial charge in [0.25, 0.3) is 0 Å². The van der Waals surface area contributed by atoms with Crippen molar-refractivity contribution in [3.05, 3.63) is 52.4 Å². The number of carbonyl (C=O) groups is 1. The van der Waals surface area contributed by atoms with Crippen LogP contribution < -0.4 is 10.6 Å². The summed E-state index contributed by atoms with van der Waals surface area (Å²) < 4.78 is 0. The van der Waals surface area contributed by atoms with Crippen LogP contribution >= 0.6 is 23.1 Å². The number of nitrogens with two attached hydrogens (primary N) is 1. The van der Waals surface area contributed by atoms with Gasteiger partial charge < -0.3 is 15.5 Å². The van der Waals surface area contributed by atoms with E-state index in [2.05, 4.69) is 47.2 Å². The smallest absolute Gasteiger partial charge is 0.237 e.